The molecule has 2 heterocycles. The van der Waals surface area contributed by atoms with Gasteiger partial charge >= 0.3 is 0 Å². The molecule has 162 valence electrons. The van der Waals surface area contributed by atoms with Crippen LogP contribution in [0.15, 0.2) is 36.5 Å². The van der Waals surface area contributed by atoms with Crippen LogP contribution >= 0.6 is 0 Å². The Labute approximate surface area is 180 Å². The van der Waals surface area contributed by atoms with E-state index < -0.39 is 5.91 Å². The third-order valence-corrected chi connectivity index (χ3v) is 5.67. The summed E-state index contributed by atoms with van der Waals surface area (Å²) in [4.78, 5) is 44.2. The largest absolute Gasteiger partial charge is 0.474 e. The van der Waals surface area contributed by atoms with Gasteiger partial charge in [-0.05, 0) is 43.2 Å². The number of fused-ring (bicyclic) bond motifs is 1. The number of carbonyl (C=O) groups is 3. The van der Waals surface area contributed by atoms with Crippen molar-refractivity contribution < 1.29 is 23.9 Å². The number of pyridine rings is 1. The van der Waals surface area contributed by atoms with Gasteiger partial charge in [0.15, 0.2) is 0 Å². The zero-order valence-corrected chi connectivity index (χ0v) is 17.4. The second-order valence-electron chi connectivity index (χ2n) is 7.68. The number of carbonyl (C=O) groups excluding carboxylic acids is 3. The molecule has 2 aliphatic rings. The normalized spacial score (nSPS) is 16.4. The number of anilines is 1. The van der Waals surface area contributed by atoms with Gasteiger partial charge in [0, 0.05) is 24.9 Å². The number of benzene rings is 1. The molecule has 0 spiro atoms. The summed E-state index contributed by atoms with van der Waals surface area (Å²) in [6.45, 7) is 0.686. The molecule has 1 fully saturated rings. The smallest absolute Gasteiger partial charge is 0.261 e. The topological polar surface area (TPSA) is 97.8 Å². The van der Waals surface area contributed by atoms with Crippen molar-refractivity contribution in [2.75, 3.05) is 25.6 Å². The molecule has 0 saturated heterocycles. The van der Waals surface area contributed by atoms with Crippen LogP contribution in [-0.4, -0.2) is 54.0 Å². The highest BCUT2D eigenvalue weighted by atomic mass is 16.5. The number of hydrogen-bond donors (Lipinski definition) is 1. The van der Waals surface area contributed by atoms with E-state index in [9.17, 15) is 14.4 Å². The van der Waals surface area contributed by atoms with E-state index in [1.807, 2.05) is 0 Å². The van der Waals surface area contributed by atoms with Gasteiger partial charge in [0.05, 0.1) is 17.7 Å². The number of rotatable bonds is 7. The maximum atomic E-state index is 13.0. The summed E-state index contributed by atoms with van der Waals surface area (Å²) in [6, 6.07) is 7.93. The molecule has 1 saturated carbocycles. The van der Waals surface area contributed by atoms with Gasteiger partial charge in [-0.3, -0.25) is 19.3 Å². The monoisotopic (exact) mass is 423 g/mol. The third-order valence-electron chi connectivity index (χ3n) is 5.67. The van der Waals surface area contributed by atoms with Crippen molar-refractivity contribution in [3.05, 3.63) is 53.2 Å². The van der Waals surface area contributed by atoms with Crippen molar-refractivity contribution in [3.63, 3.8) is 0 Å². The summed E-state index contributed by atoms with van der Waals surface area (Å²) < 4.78 is 10.5. The fraction of sp³-hybridized carbons (Fsp3) is 0.391. The van der Waals surface area contributed by atoms with E-state index in [0.29, 0.717) is 24.5 Å². The molecule has 1 aromatic carbocycles. The average molecular weight is 423 g/mol. The summed E-state index contributed by atoms with van der Waals surface area (Å²) >= 11 is 0. The molecule has 1 aromatic heterocycles. The predicted molar refractivity (Wildman–Crippen MR) is 113 cm³/mol. The van der Waals surface area contributed by atoms with Crippen molar-refractivity contribution >= 4 is 23.4 Å². The summed E-state index contributed by atoms with van der Waals surface area (Å²) in [5, 5.41) is 2.77. The molecular weight excluding hydrogens is 398 g/mol. The Kier molecular flexibility index (Phi) is 6.27. The van der Waals surface area contributed by atoms with E-state index in [-0.39, 0.29) is 34.9 Å². The first-order valence-electron chi connectivity index (χ1n) is 10.5. The van der Waals surface area contributed by atoms with Crippen LogP contribution in [0, 0.1) is 0 Å². The van der Waals surface area contributed by atoms with Crippen molar-refractivity contribution in [2.24, 2.45) is 0 Å². The highest BCUT2D eigenvalue weighted by molar-refractivity contribution is 6.22. The van der Waals surface area contributed by atoms with Crippen LogP contribution in [0.3, 0.4) is 0 Å². The van der Waals surface area contributed by atoms with Crippen LogP contribution in [0.4, 0.5) is 5.69 Å². The lowest BCUT2D eigenvalue weighted by Crippen LogP contribution is -2.40. The SMILES string of the molecule is COCCOc1ncccc1NC(=O)c1ccc2c(c1)C(=O)N(C1CCCCC1)C2=O. The number of amides is 3. The van der Waals surface area contributed by atoms with Crippen molar-refractivity contribution in [1.29, 1.82) is 0 Å². The molecule has 3 amide bonds. The maximum Gasteiger partial charge on any atom is 0.261 e. The molecule has 1 N–H and O–H groups in total. The molecule has 1 aliphatic carbocycles. The second kappa shape index (κ2) is 9.26. The van der Waals surface area contributed by atoms with Crippen LogP contribution < -0.4 is 10.1 Å². The molecule has 4 rings (SSSR count). The number of imide groups is 1. The molecule has 0 radical (unpaired) electrons. The van der Waals surface area contributed by atoms with E-state index in [2.05, 4.69) is 10.3 Å². The van der Waals surface area contributed by atoms with Gasteiger partial charge in [0.1, 0.15) is 12.3 Å². The van der Waals surface area contributed by atoms with Gasteiger partial charge in [-0.2, -0.15) is 0 Å². The fourth-order valence-electron chi connectivity index (χ4n) is 4.09. The Morgan fingerprint density at radius 1 is 1.10 bits per heavy atom. The quantitative estimate of drug-likeness (QED) is 0.542. The molecular formula is C23H25N3O5. The first-order valence-corrected chi connectivity index (χ1v) is 10.5. The minimum Gasteiger partial charge on any atom is -0.474 e. The van der Waals surface area contributed by atoms with Crippen molar-refractivity contribution in [2.45, 2.75) is 38.1 Å². The molecule has 31 heavy (non-hydrogen) atoms. The Morgan fingerprint density at radius 2 is 1.87 bits per heavy atom. The number of hydrogen-bond acceptors (Lipinski definition) is 6. The van der Waals surface area contributed by atoms with Gasteiger partial charge in [-0.25, -0.2) is 4.98 Å². The summed E-state index contributed by atoms with van der Waals surface area (Å²) in [5.74, 6) is -0.709. The minimum absolute atomic E-state index is 0.0550. The number of aromatic nitrogens is 1. The van der Waals surface area contributed by atoms with Gasteiger partial charge in [0.2, 0.25) is 5.88 Å². The van der Waals surface area contributed by atoms with Crippen LogP contribution in [-0.2, 0) is 4.74 Å². The molecule has 0 atom stereocenters. The lowest BCUT2D eigenvalue weighted by molar-refractivity contribution is 0.0549. The molecule has 1 aliphatic heterocycles. The number of nitrogens with one attached hydrogen (secondary N) is 1. The van der Waals surface area contributed by atoms with Crippen LogP contribution in [0.1, 0.15) is 63.2 Å². The van der Waals surface area contributed by atoms with Crippen LogP contribution in [0.2, 0.25) is 0 Å². The van der Waals surface area contributed by atoms with Gasteiger partial charge in [0.25, 0.3) is 17.7 Å². The molecule has 0 bridgehead atoms. The highest BCUT2D eigenvalue weighted by Crippen LogP contribution is 2.31. The number of nitrogens with zero attached hydrogens (tertiary/aromatic N) is 2. The van der Waals surface area contributed by atoms with Crippen LogP contribution in [0.5, 0.6) is 5.88 Å². The summed E-state index contributed by atoms with van der Waals surface area (Å²) in [5.41, 5.74) is 1.34. The van der Waals surface area contributed by atoms with Gasteiger partial charge in [-0.15, -0.1) is 0 Å². The zero-order valence-electron chi connectivity index (χ0n) is 17.4. The Bertz CT molecular complexity index is 1000. The van der Waals surface area contributed by atoms with E-state index in [4.69, 9.17) is 9.47 Å². The molecule has 8 heteroatoms. The standard InChI is InChI=1S/C23H25N3O5/c1-30-12-13-31-21-19(8-5-11-24-21)25-20(27)15-9-10-17-18(14-15)23(29)26(22(17)28)16-6-3-2-4-7-16/h5,8-11,14,16H,2-4,6-7,12-13H2,1H3,(H,25,27). The zero-order chi connectivity index (χ0) is 21.8. The van der Waals surface area contributed by atoms with E-state index in [0.717, 1.165) is 32.1 Å². The Morgan fingerprint density at radius 3 is 2.65 bits per heavy atom. The highest BCUT2D eigenvalue weighted by Gasteiger charge is 2.40. The summed E-state index contributed by atoms with van der Waals surface area (Å²) in [7, 11) is 1.57. The predicted octanol–water partition coefficient (Wildman–Crippen LogP) is 3.29. The fourth-order valence-corrected chi connectivity index (χ4v) is 4.09. The van der Waals surface area contributed by atoms with Gasteiger partial charge < -0.3 is 14.8 Å². The lowest BCUT2D eigenvalue weighted by atomic mass is 9.94. The van der Waals surface area contributed by atoms with E-state index in [1.54, 1.807) is 37.6 Å². The second-order valence-corrected chi connectivity index (χ2v) is 7.68. The number of methoxy groups -OCH3 is 1. The third kappa shape index (κ3) is 4.29. The van der Waals surface area contributed by atoms with Crippen molar-refractivity contribution in [3.8, 4) is 5.88 Å². The van der Waals surface area contributed by atoms with E-state index in [1.165, 1.54) is 11.0 Å². The lowest BCUT2D eigenvalue weighted by Gasteiger charge is -2.29. The van der Waals surface area contributed by atoms with Crippen LogP contribution in [0.25, 0.3) is 0 Å². The maximum absolute atomic E-state index is 13.0. The van der Waals surface area contributed by atoms with Crippen molar-refractivity contribution in [1.82, 2.24) is 9.88 Å². The first kappa shape index (κ1) is 21.0. The molecule has 8 nitrogen and oxygen atoms in total. The Hall–Kier alpha value is -3.26. The van der Waals surface area contributed by atoms with E-state index >= 15 is 0 Å². The van der Waals surface area contributed by atoms with Gasteiger partial charge in [-0.1, -0.05) is 19.3 Å². The first-order chi connectivity index (χ1) is 15.1. The molecule has 0 unspecified atom stereocenters. The molecule has 2 aromatic rings. The average Bonchev–Trinajstić information content (AvgIpc) is 3.05. The number of ether oxygens (including phenoxy) is 2. The Balaban J connectivity index is 1.52. The summed E-state index contributed by atoms with van der Waals surface area (Å²) in [6.07, 6.45) is 6.42. The minimum atomic E-state index is -0.413.